The van der Waals surface area contributed by atoms with Crippen LogP contribution in [0.2, 0.25) is 0 Å². The summed E-state index contributed by atoms with van der Waals surface area (Å²) < 4.78 is 5.51. The van der Waals surface area contributed by atoms with Crippen molar-refractivity contribution in [3.05, 3.63) is 0 Å². The quantitative estimate of drug-likeness (QED) is 0.653. The summed E-state index contributed by atoms with van der Waals surface area (Å²) in [6, 6.07) is 0. The molecule has 1 saturated heterocycles. The summed E-state index contributed by atoms with van der Waals surface area (Å²) in [5, 5.41) is 3.43. The summed E-state index contributed by atoms with van der Waals surface area (Å²) in [6.07, 6.45) is 0. The molecule has 0 radical (unpaired) electrons. The maximum atomic E-state index is 5.51. The molecule has 0 aromatic carbocycles. The molecule has 0 spiro atoms. The van der Waals surface area contributed by atoms with E-state index in [0.717, 1.165) is 26.3 Å². The molecule has 0 aromatic heterocycles. The SMILES string of the molecule is CC(C)COCCNCCN1CCSCC1. The predicted octanol–water partition coefficient (Wildman–Crippen LogP) is 1.30. The van der Waals surface area contributed by atoms with Crippen molar-refractivity contribution in [2.24, 2.45) is 5.92 Å². The topological polar surface area (TPSA) is 24.5 Å². The van der Waals surface area contributed by atoms with Crippen LogP contribution in [0.15, 0.2) is 0 Å². The van der Waals surface area contributed by atoms with E-state index in [1.807, 2.05) is 0 Å². The molecule has 1 rings (SSSR count). The van der Waals surface area contributed by atoms with Crippen LogP contribution in [0.1, 0.15) is 13.8 Å². The Kier molecular flexibility index (Phi) is 8.29. The smallest absolute Gasteiger partial charge is 0.0591 e. The molecule has 0 atom stereocenters. The zero-order valence-corrected chi connectivity index (χ0v) is 11.5. The van der Waals surface area contributed by atoms with Crippen molar-refractivity contribution < 1.29 is 4.74 Å². The average molecular weight is 246 g/mol. The van der Waals surface area contributed by atoms with Crippen LogP contribution >= 0.6 is 11.8 Å². The van der Waals surface area contributed by atoms with E-state index in [2.05, 4.69) is 35.8 Å². The van der Waals surface area contributed by atoms with E-state index in [-0.39, 0.29) is 0 Å². The molecule has 0 saturated carbocycles. The van der Waals surface area contributed by atoms with E-state index in [1.54, 1.807) is 0 Å². The van der Waals surface area contributed by atoms with E-state index < -0.39 is 0 Å². The second-order valence-corrected chi connectivity index (χ2v) is 5.90. The van der Waals surface area contributed by atoms with Gasteiger partial charge in [0.15, 0.2) is 0 Å². The van der Waals surface area contributed by atoms with Gasteiger partial charge in [0.25, 0.3) is 0 Å². The Morgan fingerprint density at radius 3 is 2.69 bits per heavy atom. The van der Waals surface area contributed by atoms with Gasteiger partial charge in [-0.1, -0.05) is 13.8 Å². The summed E-state index contributed by atoms with van der Waals surface area (Å²) in [5.41, 5.74) is 0. The van der Waals surface area contributed by atoms with Crippen LogP contribution in [0.4, 0.5) is 0 Å². The molecule has 0 aliphatic carbocycles. The fourth-order valence-electron chi connectivity index (χ4n) is 1.65. The lowest BCUT2D eigenvalue weighted by Gasteiger charge is -2.26. The van der Waals surface area contributed by atoms with Gasteiger partial charge in [-0.2, -0.15) is 11.8 Å². The van der Waals surface area contributed by atoms with E-state index in [4.69, 9.17) is 4.74 Å². The van der Waals surface area contributed by atoms with Gasteiger partial charge in [0.1, 0.15) is 0 Å². The summed E-state index contributed by atoms with van der Waals surface area (Å²) in [6.45, 7) is 11.9. The van der Waals surface area contributed by atoms with Crippen molar-refractivity contribution in [3.63, 3.8) is 0 Å². The molecule has 96 valence electrons. The summed E-state index contributed by atoms with van der Waals surface area (Å²) in [5.74, 6) is 3.25. The van der Waals surface area contributed by atoms with Gasteiger partial charge in [-0.15, -0.1) is 0 Å². The molecule has 0 bridgehead atoms. The standard InChI is InChI=1S/C12H26N2OS/c1-12(2)11-15-8-4-13-3-5-14-6-9-16-10-7-14/h12-13H,3-11H2,1-2H3. The molecule has 3 nitrogen and oxygen atoms in total. The highest BCUT2D eigenvalue weighted by atomic mass is 32.2. The number of nitrogens with one attached hydrogen (secondary N) is 1. The molecule has 1 aliphatic heterocycles. The maximum absolute atomic E-state index is 5.51. The minimum atomic E-state index is 0.644. The van der Waals surface area contributed by atoms with Gasteiger partial charge in [-0.3, -0.25) is 0 Å². The first-order valence-corrected chi connectivity index (χ1v) is 7.53. The molecule has 0 aromatic rings. The van der Waals surface area contributed by atoms with Crippen LogP contribution in [-0.2, 0) is 4.74 Å². The second kappa shape index (κ2) is 9.28. The molecule has 1 heterocycles. The van der Waals surface area contributed by atoms with Crippen molar-refractivity contribution in [3.8, 4) is 0 Å². The molecule has 0 unspecified atom stereocenters. The first-order chi connectivity index (χ1) is 7.79. The third-order valence-electron chi connectivity index (χ3n) is 2.58. The highest BCUT2D eigenvalue weighted by Gasteiger charge is 2.08. The van der Waals surface area contributed by atoms with Crippen molar-refractivity contribution in [2.45, 2.75) is 13.8 Å². The lowest BCUT2D eigenvalue weighted by Crippen LogP contribution is -2.38. The normalized spacial score (nSPS) is 18.2. The number of ether oxygens (including phenoxy) is 1. The van der Waals surface area contributed by atoms with Crippen LogP contribution in [0.5, 0.6) is 0 Å². The Morgan fingerprint density at radius 2 is 2.00 bits per heavy atom. The van der Waals surface area contributed by atoms with Crippen molar-refractivity contribution >= 4 is 11.8 Å². The summed E-state index contributed by atoms with van der Waals surface area (Å²) >= 11 is 2.07. The van der Waals surface area contributed by atoms with Gasteiger partial charge in [0.05, 0.1) is 6.61 Å². The zero-order valence-electron chi connectivity index (χ0n) is 10.7. The Labute approximate surface area is 104 Å². The molecule has 0 amide bonds. The lowest BCUT2D eigenvalue weighted by atomic mass is 10.2. The number of thioether (sulfide) groups is 1. The van der Waals surface area contributed by atoms with Gasteiger partial charge in [0, 0.05) is 50.8 Å². The minimum Gasteiger partial charge on any atom is -0.380 e. The van der Waals surface area contributed by atoms with E-state index >= 15 is 0 Å². The predicted molar refractivity (Wildman–Crippen MR) is 72.3 cm³/mol. The molecular formula is C12H26N2OS. The first kappa shape index (κ1) is 14.3. The number of nitrogens with zero attached hydrogens (tertiary/aromatic N) is 1. The number of rotatable bonds is 8. The van der Waals surface area contributed by atoms with Crippen molar-refractivity contribution in [2.75, 3.05) is 57.4 Å². The monoisotopic (exact) mass is 246 g/mol. The first-order valence-electron chi connectivity index (χ1n) is 6.37. The molecule has 1 N–H and O–H groups in total. The molecular weight excluding hydrogens is 220 g/mol. The average Bonchev–Trinajstić information content (AvgIpc) is 2.29. The van der Waals surface area contributed by atoms with Gasteiger partial charge in [-0.05, 0) is 5.92 Å². The third kappa shape index (κ3) is 7.49. The molecule has 16 heavy (non-hydrogen) atoms. The lowest BCUT2D eigenvalue weighted by molar-refractivity contribution is 0.111. The van der Waals surface area contributed by atoms with Crippen LogP contribution in [0, 0.1) is 5.92 Å². The Balaban J connectivity index is 1.80. The second-order valence-electron chi connectivity index (χ2n) is 4.67. The summed E-state index contributed by atoms with van der Waals surface area (Å²) in [4.78, 5) is 2.54. The number of hydrogen-bond donors (Lipinski definition) is 1. The zero-order chi connectivity index (χ0) is 11.6. The summed E-state index contributed by atoms with van der Waals surface area (Å²) in [7, 11) is 0. The van der Waals surface area contributed by atoms with Gasteiger partial charge in [-0.25, -0.2) is 0 Å². The third-order valence-corrected chi connectivity index (χ3v) is 3.53. The largest absolute Gasteiger partial charge is 0.380 e. The van der Waals surface area contributed by atoms with E-state index in [1.165, 1.54) is 31.1 Å². The van der Waals surface area contributed by atoms with Crippen molar-refractivity contribution in [1.29, 1.82) is 0 Å². The molecule has 4 heteroatoms. The van der Waals surface area contributed by atoms with Crippen LogP contribution < -0.4 is 5.32 Å². The van der Waals surface area contributed by atoms with E-state index in [9.17, 15) is 0 Å². The van der Waals surface area contributed by atoms with Gasteiger partial charge < -0.3 is 15.0 Å². The van der Waals surface area contributed by atoms with Gasteiger partial charge in [0.2, 0.25) is 0 Å². The van der Waals surface area contributed by atoms with Crippen LogP contribution in [-0.4, -0.2) is 62.3 Å². The molecule has 1 aliphatic rings. The van der Waals surface area contributed by atoms with Crippen molar-refractivity contribution in [1.82, 2.24) is 10.2 Å². The maximum Gasteiger partial charge on any atom is 0.0591 e. The fourth-order valence-corrected chi connectivity index (χ4v) is 2.63. The van der Waals surface area contributed by atoms with Crippen LogP contribution in [0.25, 0.3) is 0 Å². The number of hydrogen-bond acceptors (Lipinski definition) is 4. The highest BCUT2D eigenvalue weighted by molar-refractivity contribution is 7.99. The Hall–Kier alpha value is 0.230. The Morgan fingerprint density at radius 1 is 1.25 bits per heavy atom. The van der Waals surface area contributed by atoms with Crippen LogP contribution in [0.3, 0.4) is 0 Å². The van der Waals surface area contributed by atoms with E-state index in [0.29, 0.717) is 5.92 Å². The Bertz CT molecular complexity index is 161. The molecule has 1 fully saturated rings. The fraction of sp³-hybridized carbons (Fsp3) is 1.00. The minimum absolute atomic E-state index is 0.644. The van der Waals surface area contributed by atoms with Gasteiger partial charge >= 0.3 is 0 Å². The highest BCUT2D eigenvalue weighted by Crippen LogP contribution is 2.07.